The fourth-order valence-corrected chi connectivity index (χ4v) is 2.66. The van der Waals surface area contributed by atoms with Crippen LogP contribution in [0.2, 0.25) is 5.02 Å². The van der Waals surface area contributed by atoms with Crippen molar-refractivity contribution >= 4 is 23.2 Å². The minimum absolute atomic E-state index is 0.115. The Morgan fingerprint density at radius 1 is 1.55 bits per heavy atom. The smallest absolute Gasteiger partial charge is 0.238 e. The number of rotatable bonds is 5. The van der Waals surface area contributed by atoms with Crippen molar-refractivity contribution in [3.8, 4) is 0 Å². The Balaban J connectivity index is 1.82. The van der Waals surface area contributed by atoms with Gasteiger partial charge in [-0.2, -0.15) is 0 Å². The molecule has 2 N–H and O–H groups in total. The molecule has 0 saturated carbocycles. The van der Waals surface area contributed by atoms with E-state index in [4.69, 9.17) is 11.6 Å². The van der Waals surface area contributed by atoms with Crippen LogP contribution in [0.4, 0.5) is 10.1 Å². The van der Waals surface area contributed by atoms with Gasteiger partial charge >= 0.3 is 0 Å². The Kier molecular flexibility index (Phi) is 4.62. The number of aliphatic hydroxyl groups is 1. The van der Waals surface area contributed by atoms with Crippen molar-refractivity contribution in [1.82, 2.24) is 4.90 Å². The highest BCUT2D eigenvalue weighted by atomic mass is 35.5. The van der Waals surface area contributed by atoms with E-state index in [-0.39, 0.29) is 23.2 Å². The number of amides is 1. The van der Waals surface area contributed by atoms with Gasteiger partial charge in [0.05, 0.1) is 17.8 Å². The molecule has 2 rings (SSSR count). The lowest BCUT2D eigenvalue weighted by atomic mass is 9.89. The lowest BCUT2D eigenvalue weighted by molar-refractivity contribution is -0.129. The quantitative estimate of drug-likeness (QED) is 0.877. The molecule has 110 valence electrons. The van der Waals surface area contributed by atoms with E-state index < -0.39 is 11.4 Å². The highest BCUT2D eigenvalue weighted by Gasteiger charge is 2.40. The average Bonchev–Trinajstić information content (AvgIpc) is 2.31. The number of carbonyl (C=O) groups is 1. The summed E-state index contributed by atoms with van der Waals surface area (Å²) >= 11 is 5.64. The van der Waals surface area contributed by atoms with Crippen LogP contribution in [-0.2, 0) is 4.79 Å². The molecular weight excluding hydrogens is 283 g/mol. The molecule has 0 aromatic heterocycles. The summed E-state index contributed by atoms with van der Waals surface area (Å²) in [7, 11) is 0. The third kappa shape index (κ3) is 3.69. The van der Waals surface area contributed by atoms with Gasteiger partial charge in [0, 0.05) is 18.1 Å². The van der Waals surface area contributed by atoms with Gasteiger partial charge in [0.1, 0.15) is 5.82 Å². The van der Waals surface area contributed by atoms with Gasteiger partial charge < -0.3 is 10.4 Å². The molecule has 1 aliphatic heterocycles. The monoisotopic (exact) mass is 300 g/mol. The highest BCUT2D eigenvalue weighted by Crippen LogP contribution is 2.25. The predicted octanol–water partition coefficient (Wildman–Crippen LogP) is 2.26. The number of hydrogen-bond donors (Lipinski definition) is 2. The SMILES string of the molecule is CCCC1(O)CN(CC(=O)Nc2ccc(Cl)cc2F)C1. The third-order valence-corrected chi connectivity index (χ3v) is 3.56. The lowest BCUT2D eigenvalue weighted by Gasteiger charge is -2.46. The molecule has 1 saturated heterocycles. The van der Waals surface area contributed by atoms with Gasteiger partial charge in [-0.3, -0.25) is 9.69 Å². The summed E-state index contributed by atoms with van der Waals surface area (Å²) in [6.07, 6.45) is 1.64. The van der Waals surface area contributed by atoms with Crippen molar-refractivity contribution < 1.29 is 14.3 Å². The van der Waals surface area contributed by atoms with Crippen LogP contribution in [0.5, 0.6) is 0 Å². The third-order valence-electron chi connectivity index (χ3n) is 3.32. The number of hydrogen-bond acceptors (Lipinski definition) is 3. The zero-order valence-electron chi connectivity index (χ0n) is 11.3. The van der Waals surface area contributed by atoms with E-state index in [0.29, 0.717) is 13.1 Å². The summed E-state index contributed by atoms with van der Waals surface area (Å²) in [5.41, 5.74) is -0.552. The van der Waals surface area contributed by atoms with E-state index in [1.807, 2.05) is 11.8 Å². The second kappa shape index (κ2) is 6.08. The van der Waals surface area contributed by atoms with Crippen LogP contribution in [0.25, 0.3) is 0 Å². The minimum atomic E-state index is -0.666. The van der Waals surface area contributed by atoms with Crippen molar-refractivity contribution in [3.05, 3.63) is 29.0 Å². The Morgan fingerprint density at radius 3 is 2.85 bits per heavy atom. The number of benzene rings is 1. The molecule has 1 fully saturated rings. The van der Waals surface area contributed by atoms with Gasteiger partial charge in [-0.25, -0.2) is 4.39 Å². The van der Waals surface area contributed by atoms with Crippen molar-refractivity contribution in [2.45, 2.75) is 25.4 Å². The van der Waals surface area contributed by atoms with E-state index in [1.54, 1.807) is 0 Å². The van der Waals surface area contributed by atoms with E-state index in [1.165, 1.54) is 12.1 Å². The van der Waals surface area contributed by atoms with Crippen LogP contribution >= 0.6 is 11.6 Å². The first-order chi connectivity index (χ1) is 9.42. The molecule has 1 heterocycles. The fraction of sp³-hybridized carbons (Fsp3) is 0.500. The minimum Gasteiger partial charge on any atom is -0.387 e. The number of nitrogens with zero attached hydrogens (tertiary/aromatic N) is 1. The maximum Gasteiger partial charge on any atom is 0.238 e. The van der Waals surface area contributed by atoms with E-state index in [2.05, 4.69) is 5.32 Å². The Hall–Kier alpha value is -1.17. The Labute approximate surface area is 122 Å². The summed E-state index contributed by atoms with van der Waals surface area (Å²) in [5.74, 6) is -0.860. The number of likely N-dealkylation sites (tertiary alicyclic amines) is 1. The Morgan fingerprint density at radius 2 is 2.25 bits per heavy atom. The van der Waals surface area contributed by atoms with Crippen LogP contribution < -0.4 is 5.32 Å². The van der Waals surface area contributed by atoms with Gasteiger partial charge in [0.2, 0.25) is 5.91 Å². The number of halogens is 2. The van der Waals surface area contributed by atoms with Crippen molar-refractivity contribution in [1.29, 1.82) is 0 Å². The van der Waals surface area contributed by atoms with Crippen molar-refractivity contribution in [2.24, 2.45) is 0 Å². The van der Waals surface area contributed by atoms with Gasteiger partial charge in [-0.05, 0) is 24.6 Å². The maximum absolute atomic E-state index is 13.5. The van der Waals surface area contributed by atoms with Gasteiger partial charge in [0.25, 0.3) is 0 Å². The fourth-order valence-electron chi connectivity index (χ4n) is 2.51. The van der Waals surface area contributed by atoms with Crippen LogP contribution in [0.3, 0.4) is 0 Å². The summed E-state index contributed by atoms with van der Waals surface area (Å²) in [4.78, 5) is 13.6. The second-order valence-corrected chi connectivity index (χ2v) is 5.73. The zero-order chi connectivity index (χ0) is 14.8. The zero-order valence-corrected chi connectivity index (χ0v) is 12.1. The number of nitrogens with one attached hydrogen (secondary N) is 1. The molecule has 1 aromatic rings. The summed E-state index contributed by atoms with van der Waals surface area (Å²) in [6.45, 7) is 3.12. The number of anilines is 1. The van der Waals surface area contributed by atoms with Crippen LogP contribution in [-0.4, -0.2) is 41.1 Å². The van der Waals surface area contributed by atoms with Crippen molar-refractivity contribution in [2.75, 3.05) is 25.0 Å². The molecule has 0 bridgehead atoms. The molecule has 1 aliphatic rings. The summed E-state index contributed by atoms with van der Waals surface area (Å²) < 4.78 is 13.5. The molecule has 0 spiro atoms. The topological polar surface area (TPSA) is 52.6 Å². The first-order valence-electron chi connectivity index (χ1n) is 6.61. The number of carbonyl (C=O) groups excluding carboxylic acids is 1. The molecule has 0 unspecified atom stereocenters. The first kappa shape index (κ1) is 15.2. The van der Waals surface area contributed by atoms with Gasteiger partial charge in [0.15, 0.2) is 0 Å². The summed E-state index contributed by atoms with van der Waals surface area (Å²) in [6, 6.07) is 4.10. The molecule has 20 heavy (non-hydrogen) atoms. The second-order valence-electron chi connectivity index (χ2n) is 5.29. The maximum atomic E-state index is 13.5. The molecule has 0 radical (unpaired) electrons. The molecule has 0 aliphatic carbocycles. The molecule has 1 aromatic carbocycles. The molecular formula is C14H18ClFN2O2. The molecule has 6 heteroatoms. The average molecular weight is 301 g/mol. The number of β-amino-alcohol motifs (C(OH)–C–C–N with tert-alkyl or cyclic N) is 1. The predicted molar refractivity (Wildman–Crippen MR) is 76.3 cm³/mol. The lowest BCUT2D eigenvalue weighted by Crippen LogP contribution is -2.62. The van der Waals surface area contributed by atoms with Crippen LogP contribution in [0.15, 0.2) is 18.2 Å². The molecule has 1 amide bonds. The van der Waals surface area contributed by atoms with Crippen LogP contribution in [0, 0.1) is 5.82 Å². The first-order valence-corrected chi connectivity index (χ1v) is 6.99. The normalized spacial score (nSPS) is 17.6. The Bertz CT molecular complexity index is 504. The van der Waals surface area contributed by atoms with E-state index in [9.17, 15) is 14.3 Å². The highest BCUT2D eigenvalue weighted by molar-refractivity contribution is 6.30. The summed E-state index contributed by atoms with van der Waals surface area (Å²) in [5, 5.41) is 12.8. The molecule has 4 nitrogen and oxygen atoms in total. The standard InChI is InChI=1S/C14H18ClFN2O2/c1-2-5-14(20)8-18(9-14)7-13(19)17-12-4-3-10(15)6-11(12)16/h3-4,6,20H,2,5,7-9H2,1H3,(H,17,19). The largest absolute Gasteiger partial charge is 0.387 e. The van der Waals surface area contributed by atoms with Crippen molar-refractivity contribution in [3.63, 3.8) is 0 Å². The van der Waals surface area contributed by atoms with E-state index in [0.717, 1.165) is 18.9 Å². The molecule has 0 atom stereocenters. The van der Waals surface area contributed by atoms with Crippen LogP contribution in [0.1, 0.15) is 19.8 Å². The van der Waals surface area contributed by atoms with Gasteiger partial charge in [-0.15, -0.1) is 0 Å². The van der Waals surface area contributed by atoms with Gasteiger partial charge in [-0.1, -0.05) is 24.9 Å². The van der Waals surface area contributed by atoms with E-state index >= 15 is 0 Å².